The number of methoxy groups -OCH3 is 1. The summed E-state index contributed by atoms with van der Waals surface area (Å²) in [5, 5.41) is 9.35. The number of rotatable bonds is 5. The normalized spacial score (nSPS) is 10.6. The summed E-state index contributed by atoms with van der Waals surface area (Å²) in [6.45, 7) is 0.826. The fourth-order valence-electron chi connectivity index (χ4n) is 1.58. The van der Waals surface area contributed by atoms with Crippen molar-refractivity contribution in [3.05, 3.63) is 40.2 Å². The Morgan fingerprint density at radius 2 is 2.11 bits per heavy atom. The van der Waals surface area contributed by atoms with Crippen molar-refractivity contribution in [3.63, 3.8) is 0 Å². The van der Waals surface area contributed by atoms with Crippen LogP contribution in [-0.2, 0) is 4.74 Å². The van der Waals surface area contributed by atoms with Gasteiger partial charge in [0.25, 0.3) is 0 Å². The second-order valence-corrected chi connectivity index (χ2v) is 3.79. The second-order valence-electron chi connectivity index (χ2n) is 3.79. The molecule has 0 radical (unpaired) electrons. The van der Waals surface area contributed by atoms with Crippen molar-refractivity contribution in [2.24, 2.45) is 0 Å². The Hall–Kier alpha value is -2.34. The Morgan fingerprint density at radius 3 is 2.79 bits per heavy atom. The van der Waals surface area contributed by atoms with E-state index in [0.29, 0.717) is 29.9 Å². The van der Waals surface area contributed by atoms with Gasteiger partial charge in [-0.1, -0.05) is 0 Å². The topological polar surface area (TPSA) is 86.0 Å². The summed E-state index contributed by atoms with van der Waals surface area (Å²) < 4.78 is 15.2. The molecule has 0 aliphatic heterocycles. The van der Waals surface area contributed by atoms with Gasteiger partial charge < -0.3 is 19.0 Å². The number of benzene rings is 1. The fraction of sp³-hybridized carbons (Fsp3) is 0.231. The Morgan fingerprint density at radius 1 is 1.32 bits per heavy atom. The van der Waals surface area contributed by atoms with E-state index in [4.69, 9.17) is 19.0 Å². The Kier molecular flexibility index (Phi) is 3.82. The van der Waals surface area contributed by atoms with E-state index >= 15 is 0 Å². The summed E-state index contributed by atoms with van der Waals surface area (Å²) in [7, 11) is 1.57. The van der Waals surface area contributed by atoms with E-state index in [2.05, 4.69) is 0 Å². The number of aromatic carboxylic acids is 1. The molecule has 2 rings (SSSR count). The van der Waals surface area contributed by atoms with E-state index in [1.54, 1.807) is 25.3 Å². The van der Waals surface area contributed by atoms with Crippen LogP contribution in [-0.4, -0.2) is 31.4 Å². The number of hydrogen-bond acceptors (Lipinski definition) is 5. The highest BCUT2D eigenvalue weighted by atomic mass is 16.5. The number of hydrogen-bond donors (Lipinski definition) is 1. The summed E-state index contributed by atoms with van der Waals surface area (Å²) in [6.07, 6.45) is 0. The Labute approximate surface area is 108 Å². The monoisotopic (exact) mass is 264 g/mol. The van der Waals surface area contributed by atoms with Crippen molar-refractivity contribution in [3.8, 4) is 5.75 Å². The van der Waals surface area contributed by atoms with Crippen LogP contribution in [0.5, 0.6) is 5.75 Å². The molecular formula is C13H12O6. The van der Waals surface area contributed by atoms with Crippen LogP contribution in [0.25, 0.3) is 11.0 Å². The average molecular weight is 264 g/mol. The SMILES string of the molecule is COCCOc1ccc2oc(=O)c(C(=O)O)cc2c1. The molecule has 19 heavy (non-hydrogen) atoms. The van der Waals surface area contributed by atoms with Gasteiger partial charge in [-0.15, -0.1) is 0 Å². The summed E-state index contributed by atoms with van der Waals surface area (Å²) in [5.41, 5.74) is -0.955. The maximum absolute atomic E-state index is 11.4. The smallest absolute Gasteiger partial charge is 0.351 e. The zero-order valence-corrected chi connectivity index (χ0v) is 10.2. The lowest BCUT2D eigenvalue weighted by Crippen LogP contribution is -2.12. The van der Waals surface area contributed by atoms with E-state index in [9.17, 15) is 9.59 Å². The molecule has 1 N–H and O–H groups in total. The summed E-state index contributed by atoms with van der Waals surface area (Å²) in [5.74, 6) is -0.768. The molecule has 6 heteroatoms. The molecule has 0 aliphatic carbocycles. The molecule has 1 heterocycles. The summed E-state index contributed by atoms with van der Waals surface area (Å²) in [4.78, 5) is 22.2. The predicted octanol–water partition coefficient (Wildman–Crippen LogP) is 1.52. The molecule has 0 atom stereocenters. The molecule has 0 saturated heterocycles. The zero-order chi connectivity index (χ0) is 13.8. The molecular weight excluding hydrogens is 252 g/mol. The van der Waals surface area contributed by atoms with Gasteiger partial charge in [0.2, 0.25) is 0 Å². The molecule has 0 saturated carbocycles. The maximum atomic E-state index is 11.4. The lowest BCUT2D eigenvalue weighted by molar-refractivity contribution is 0.0692. The number of fused-ring (bicyclic) bond motifs is 1. The molecule has 0 unspecified atom stereocenters. The van der Waals surface area contributed by atoms with Crippen LogP contribution in [0, 0.1) is 0 Å². The van der Waals surface area contributed by atoms with Crippen molar-refractivity contribution in [2.45, 2.75) is 0 Å². The second kappa shape index (κ2) is 5.53. The van der Waals surface area contributed by atoms with Crippen molar-refractivity contribution in [2.75, 3.05) is 20.3 Å². The highest BCUT2D eigenvalue weighted by molar-refractivity contribution is 5.91. The zero-order valence-electron chi connectivity index (χ0n) is 10.2. The number of ether oxygens (including phenoxy) is 2. The van der Waals surface area contributed by atoms with E-state index in [1.807, 2.05) is 0 Å². The quantitative estimate of drug-likeness (QED) is 0.650. The number of carboxylic acid groups (broad SMARTS) is 1. The van der Waals surface area contributed by atoms with Crippen molar-refractivity contribution >= 4 is 16.9 Å². The van der Waals surface area contributed by atoms with Gasteiger partial charge in [-0.3, -0.25) is 0 Å². The van der Waals surface area contributed by atoms with Gasteiger partial charge in [0.15, 0.2) is 0 Å². The number of carbonyl (C=O) groups is 1. The molecule has 100 valence electrons. The Balaban J connectivity index is 2.38. The molecule has 0 fully saturated rings. The van der Waals surface area contributed by atoms with Gasteiger partial charge in [-0.25, -0.2) is 9.59 Å². The van der Waals surface area contributed by atoms with Crippen LogP contribution in [0.2, 0.25) is 0 Å². The third-order valence-corrected chi connectivity index (χ3v) is 2.49. The van der Waals surface area contributed by atoms with Crippen molar-refractivity contribution < 1.29 is 23.8 Å². The predicted molar refractivity (Wildman–Crippen MR) is 66.8 cm³/mol. The highest BCUT2D eigenvalue weighted by Crippen LogP contribution is 2.20. The van der Waals surface area contributed by atoms with Gasteiger partial charge in [-0.2, -0.15) is 0 Å². The molecule has 1 aromatic heterocycles. The molecule has 6 nitrogen and oxygen atoms in total. The van der Waals surface area contributed by atoms with Gasteiger partial charge in [0.05, 0.1) is 6.61 Å². The minimum Gasteiger partial charge on any atom is -0.491 e. The Bertz CT molecular complexity index is 658. The molecule has 0 aliphatic rings. The lowest BCUT2D eigenvalue weighted by atomic mass is 10.2. The van der Waals surface area contributed by atoms with Crippen LogP contribution in [0.1, 0.15) is 10.4 Å². The van der Waals surface area contributed by atoms with E-state index < -0.39 is 17.2 Å². The molecule has 0 amide bonds. The van der Waals surface area contributed by atoms with Crippen LogP contribution >= 0.6 is 0 Å². The lowest BCUT2D eigenvalue weighted by Gasteiger charge is -2.06. The average Bonchev–Trinajstić information content (AvgIpc) is 2.38. The van der Waals surface area contributed by atoms with Crippen LogP contribution in [0.4, 0.5) is 0 Å². The van der Waals surface area contributed by atoms with Gasteiger partial charge in [-0.05, 0) is 24.3 Å². The summed E-state index contributed by atoms with van der Waals surface area (Å²) >= 11 is 0. The van der Waals surface area contributed by atoms with Crippen LogP contribution in [0.15, 0.2) is 33.5 Å². The third-order valence-electron chi connectivity index (χ3n) is 2.49. The first-order valence-electron chi connectivity index (χ1n) is 5.55. The molecule has 0 bridgehead atoms. The van der Waals surface area contributed by atoms with E-state index in [-0.39, 0.29) is 0 Å². The van der Waals surface area contributed by atoms with Crippen molar-refractivity contribution in [1.82, 2.24) is 0 Å². The van der Waals surface area contributed by atoms with Crippen LogP contribution < -0.4 is 10.4 Å². The van der Waals surface area contributed by atoms with E-state index in [0.717, 1.165) is 0 Å². The molecule has 0 spiro atoms. The largest absolute Gasteiger partial charge is 0.491 e. The van der Waals surface area contributed by atoms with Crippen LogP contribution in [0.3, 0.4) is 0 Å². The first kappa shape index (κ1) is 13.1. The number of carboxylic acids is 1. The van der Waals surface area contributed by atoms with Gasteiger partial charge in [0, 0.05) is 12.5 Å². The molecule has 1 aromatic carbocycles. The summed E-state index contributed by atoms with van der Waals surface area (Å²) in [6, 6.07) is 6.08. The van der Waals surface area contributed by atoms with E-state index in [1.165, 1.54) is 6.07 Å². The highest BCUT2D eigenvalue weighted by Gasteiger charge is 2.12. The minimum atomic E-state index is -1.32. The maximum Gasteiger partial charge on any atom is 0.351 e. The van der Waals surface area contributed by atoms with Crippen molar-refractivity contribution in [1.29, 1.82) is 0 Å². The first-order chi connectivity index (χ1) is 9.11. The first-order valence-corrected chi connectivity index (χ1v) is 5.55. The van der Waals surface area contributed by atoms with Gasteiger partial charge >= 0.3 is 11.6 Å². The molecule has 2 aromatic rings. The fourth-order valence-corrected chi connectivity index (χ4v) is 1.58. The standard InChI is InChI=1S/C13H12O6/c1-17-4-5-18-9-2-3-11-8(6-9)7-10(12(14)15)13(16)19-11/h2-3,6-7H,4-5H2,1H3,(H,14,15). The third kappa shape index (κ3) is 2.92. The minimum absolute atomic E-state index is 0.314. The van der Waals surface area contributed by atoms with Gasteiger partial charge in [0.1, 0.15) is 23.5 Å².